The molecule has 4 heteroatoms. The molecule has 1 aromatic rings. The fourth-order valence-electron chi connectivity index (χ4n) is 1.15. The Balaban J connectivity index is 0.00000196. The third-order valence-corrected chi connectivity index (χ3v) is 1.96. The highest BCUT2D eigenvalue weighted by molar-refractivity contribution is 5.96. The Morgan fingerprint density at radius 2 is 1.93 bits per heavy atom. The summed E-state index contributed by atoms with van der Waals surface area (Å²) in [6.07, 6.45) is 0.355. The Kier molecular flexibility index (Phi) is 6.13. The monoisotopic (exact) mass is 231 g/mol. The molecule has 0 heterocycles. The second-order valence-electron chi connectivity index (χ2n) is 3.46. The summed E-state index contributed by atoms with van der Waals surface area (Å²) < 4.78 is 13.1. The largest absolute Gasteiger partial charge is 0.309 e. The van der Waals surface area contributed by atoms with Crippen LogP contribution in [0, 0.1) is 5.82 Å². The molecule has 0 aliphatic rings. The molecule has 0 N–H and O–H groups in total. The number of carbonyl (C=O) groups excluding carboxylic acids is 1. The van der Waals surface area contributed by atoms with Crippen LogP contribution in [0.3, 0.4) is 0 Å². The van der Waals surface area contributed by atoms with Gasteiger partial charge in [-0.2, -0.15) is 0 Å². The van der Waals surface area contributed by atoms with Gasteiger partial charge in [0.25, 0.3) is 0 Å². The van der Waals surface area contributed by atoms with E-state index in [1.54, 1.807) is 12.1 Å². The number of benzene rings is 1. The first-order valence-corrected chi connectivity index (χ1v) is 4.53. The molecule has 0 bridgehead atoms. The van der Waals surface area contributed by atoms with Crippen LogP contribution < -0.4 is 0 Å². The molecule has 0 fully saturated rings. The maximum Gasteiger partial charge on any atom is 0.167 e. The molecule has 1 aromatic carbocycles. The smallest absolute Gasteiger partial charge is 0.167 e. The van der Waals surface area contributed by atoms with Crippen LogP contribution in [0.15, 0.2) is 24.3 Å². The topological polar surface area (TPSA) is 20.3 Å². The third kappa shape index (κ3) is 4.40. The predicted molar refractivity (Wildman–Crippen MR) is 61.1 cm³/mol. The van der Waals surface area contributed by atoms with Crippen molar-refractivity contribution in [3.05, 3.63) is 35.6 Å². The first-order chi connectivity index (χ1) is 6.61. The van der Waals surface area contributed by atoms with Crippen molar-refractivity contribution in [1.29, 1.82) is 0 Å². The molecule has 0 saturated heterocycles. The van der Waals surface area contributed by atoms with E-state index in [2.05, 4.69) is 0 Å². The minimum Gasteiger partial charge on any atom is -0.309 e. The Morgan fingerprint density at radius 3 is 2.47 bits per heavy atom. The lowest BCUT2D eigenvalue weighted by molar-refractivity contribution is 0.0968. The summed E-state index contributed by atoms with van der Waals surface area (Å²) in [4.78, 5) is 13.4. The molecule has 0 radical (unpaired) electrons. The zero-order valence-corrected chi connectivity index (χ0v) is 9.68. The van der Waals surface area contributed by atoms with Crippen molar-refractivity contribution in [2.45, 2.75) is 6.42 Å². The molecular formula is C11H15ClFNO. The van der Waals surface area contributed by atoms with E-state index >= 15 is 0 Å². The Hall–Kier alpha value is -0.930. The molecule has 1 rings (SSSR count). The summed E-state index contributed by atoms with van der Waals surface area (Å²) in [6.45, 7) is 0.646. The van der Waals surface area contributed by atoms with E-state index in [1.807, 2.05) is 19.0 Å². The molecule has 0 aromatic heterocycles. The Bertz CT molecular complexity index is 328. The molecule has 0 aliphatic heterocycles. The fourth-order valence-corrected chi connectivity index (χ4v) is 1.15. The number of hydrogen-bond donors (Lipinski definition) is 0. The van der Waals surface area contributed by atoms with E-state index < -0.39 is 5.82 Å². The SMILES string of the molecule is CN(C)CCC(=O)c1ccccc1F.Cl. The molecule has 0 saturated carbocycles. The first kappa shape index (κ1) is 14.1. The summed E-state index contributed by atoms with van der Waals surface area (Å²) in [5, 5.41) is 0. The van der Waals surface area contributed by atoms with Crippen LogP contribution in [0.1, 0.15) is 16.8 Å². The van der Waals surface area contributed by atoms with Gasteiger partial charge in [0.05, 0.1) is 5.56 Å². The van der Waals surface area contributed by atoms with Crippen molar-refractivity contribution in [3.63, 3.8) is 0 Å². The second kappa shape index (κ2) is 6.53. The molecule has 0 unspecified atom stereocenters. The summed E-state index contributed by atoms with van der Waals surface area (Å²) in [5.41, 5.74) is 0.189. The van der Waals surface area contributed by atoms with Crippen LogP contribution >= 0.6 is 12.4 Å². The van der Waals surface area contributed by atoms with Crippen molar-refractivity contribution in [2.24, 2.45) is 0 Å². The number of rotatable bonds is 4. The number of hydrogen-bond acceptors (Lipinski definition) is 2. The average molecular weight is 232 g/mol. The van der Waals surface area contributed by atoms with Gasteiger partial charge in [-0.05, 0) is 26.2 Å². The lowest BCUT2D eigenvalue weighted by Crippen LogP contribution is -2.17. The number of ketones is 1. The van der Waals surface area contributed by atoms with Crippen molar-refractivity contribution in [2.75, 3.05) is 20.6 Å². The standard InChI is InChI=1S/C11H14FNO.ClH/c1-13(2)8-7-11(14)9-5-3-4-6-10(9)12;/h3-6H,7-8H2,1-2H3;1H. The number of halogens is 2. The van der Waals surface area contributed by atoms with Crippen LogP contribution in [0.4, 0.5) is 4.39 Å². The van der Waals surface area contributed by atoms with Gasteiger partial charge in [-0.1, -0.05) is 12.1 Å². The highest BCUT2D eigenvalue weighted by Gasteiger charge is 2.10. The molecule has 15 heavy (non-hydrogen) atoms. The van der Waals surface area contributed by atoms with Gasteiger partial charge in [-0.15, -0.1) is 12.4 Å². The number of carbonyl (C=O) groups is 1. The summed E-state index contributed by atoms with van der Waals surface area (Å²) in [5.74, 6) is -0.576. The molecule has 2 nitrogen and oxygen atoms in total. The minimum absolute atomic E-state index is 0. The highest BCUT2D eigenvalue weighted by Crippen LogP contribution is 2.08. The number of Topliss-reactive ketones (excluding diaryl/α,β-unsaturated/α-hetero) is 1. The van der Waals surface area contributed by atoms with Crippen LogP contribution in [-0.4, -0.2) is 31.3 Å². The van der Waals surface area contributed by atoms with Crippen LogP contribution in [0.5, 0.6) is 0 Å². The van der Waals surface area contributed by atoms with Gasteiger partial charge in [-0.25, -0.2) is 4.39 Å². The Morgan fingerprint density at radius 1 is 1.33 bits per heavy atom. The van der Waals surface area contributed by atoms with Crippen molar-refractivity contribution in [1.82, 2.24) is 4.90 Å². The van der Waals surface area contributed by atoms with Gasteiger partial charge in [0.2, 0.25) is 0 Å². The van der Waals surface area contributed by atoms with Gasteiger partial charge >= 0.3 is 0 Å². The fraction of sp³-hybridized carbons (Fsp3) is 0.364. The van der Waals surface area contributed by atoms with Crippen molar-refractivity contribution in [3.8, 4) is 0 Å². The first-order valence-electron chi connectivity index (χ1n) is 4.53. The molecule has 0 spiro atoms. The average Bonchev–Trinajstić information content (AvgIpc) is 2.15. The van der Waals surface area contributed by atoms with E-state index in [9.17, 15) is 9.18 Å². The summed E-state index contributed by atoms with van der Waals surface area (Å²) in [6, 6.07) is 6.08. The molecule has 0 amide bonds. The van der Waals surface area contributed by atoms with E-state index in [4.69, 9.17) is 0 Å². The maximum absolute atomic E-state index is 13.1. The van der Waals surface area contributed by atoms with Crippen LogP contribution in [0.2, 0.25) is 0 Å². The molecular weight excluding hydrogens is 217 g/mol. The van der Waals surface area contributed by atoms with Crippen LogP contribution in [0.25, 0.3) is 0 Å². The minimum atomic E-state index is -0.434. The maximum atomic E-state index is 13.1. The van der Waals surface area contributed by atoms with Gasteiger partial charge in [0.15, 0.2) is 5.78 Å². The van der Waals surface area contributed by atoms with Crippen LogP contribution in [-0.2, 0) is 0 Å². The predicted octanol–water partition coefficient (Wildman–Crippen LogP) is 2.38. The molecule has 0 aliphatic carbocycles. The molecule has 84 valence electrons. The Labute approximate surface area is 95.5 Å². The number of nitrogens with zero attached hydrogens (tertiary/aromatic N) is 1. The zero-order valence-electron chi connectivity index (χ0n) is 8.87. The lowest BCUT2D eigenvalue weighted by atomic mass is 10.1. The zero-order chi connectivity index (χ0) is 10.6. The highest BCUT2D eigenvalue weighted by atomic mass is 35.5. The van der Waals surface area contributed by atoms with Crippen molar-refractivity contribution < 1.29 is 9.18 Å². The van der Waals surface area contributed by atoms with E-state index in [0.29, 0.717) is 13.0 Å². The van der Waals surface area contributed by atoms with E-state index in [-0.39, 0.29) is 23.8 Å². The summed E-state index contributed by atoms with van der Waals surface area (Å²) in [7, 11) is 3.77. The second-order valence-corrected chi connectivity index (χ2v) is 3.46. The normalized spacial score (nSPS) is 9.87. The molecule has 0 atom stereocenters. The van der Waals surface area contributed by atoms with Crippen molar-refractivity contribution >= 4 is 18.2 Å². The van der Waals surface area contributed by atoms with E-state index in [1.165, 1.54) is 12.1 Å². The van der Waals surface area contributed by atoms with Gasteiger partial charge in [-0.3, -0.25) is 4.79 Å². The van der Waals surface area contributed by atoms with Gasteiger partial charge < -0.3 is 4.90 Å². The summed E-state index contributed by atoms with van der Waals surface area (Å²) >= 11 is 0. The van der Waals surface area contributed by atoms with Gasteiger partial charge in [0, 0.05) is 13.0 Å². The quantitative estimate of drug-likeness (QED) is 0.742. The van der Waals surface area contributed by atoms with E-state index in [0.717, 1.165) is 0 Å². The third-order valence-electron chi connectivity index (χ3n) is 1.96. The van der Waals surface area contributed by atoms with Gasteiger partial charge in [0.1, 0.15) is 5.82 Å². The lowest BCUT2D eigenvalue weighted by Gasteiger charge is -2.08.